The van der Waals surface area contributed by atoms with Crippen LogP contribution in [0, 0.1) is 5.92 Å². The van der Waals surface area contributed by atoms with Gasteiger partial charge in [-0.05, 0) is 105 Å². The van der Waals surface area contributed by atoms with E-state index in [1.165, 1.54) is 60.8 Å². The maximum Gasteiger partial charge on any atom is 0.508 e. The number of ether oxygens (including phenoxy) is 2. The van der Waals surface area contributed by atoms with Crippen LogP contribution in [0.15, 0.2) is 48.5 Å². The van der Waals surface area contributed by atoms with Crippen LogP contribution < -0.4 is 0 Å². The van der Waals surface area contributed by atoms with Crippen LogP contribution in [-0.4, -0.2) is 18.4 Å². The van der Waals surface area contributed by atoms with Gasteiger partial charge in [0.05, 0.1) is 6.61 Å². The molecular weight excluding hydrogens is 456 g/mol. The zero-order valence-corrected chi connectivity index (χ0v) is 23.5. The third kappa shape index (κ3) is 7.85. The first-order chi connectivity index (χ1) is 18.0. The van der Waals surface area contributed by atoms with Crippen molar-refractivity contribution in [2.24, 2.45) is 5.92 Å². The lowest BCUT2D eigenvalue weighted by molar-refractivity contribution is -0.0468. The second kappa shape index (κ2) is 13.5. The number of rotatable bonds is 10. The molecule has 0 N–H and O–H groups in total. The fraction of sp³-hybridized carbons (Fsp3) is 0.618. The fourth-order valence-electron chi connectivity index (χ4n) is 6.49. The third-order valence-electron chi connectivity index (χ3n) is 8.98. The molecule has 0 unspecified atom stereocenters. The van der Waals surface area contributed by atoms with Gasteiger partial charge >= 0.3 is 6.16 Å². The molecule has 0 saturated heterocycles. The maximum absolute atomic E-state index is 12.1. The molecule has 2 aliphatic rings. The van der Waals surface area contributed by atoms with Gasteiger partial charge in [0, 0.05) is 0 Å². The summed E-state index contributed by atoms with van der Waals surface area (Å²) in [7, 11) is 0. The molecule has 4 rings (SSSR count). The summed E-state index contributed by atoms with van der Waals surface area (Å²) < 4.78 is 11.0. The highest BCUT2D eigenvalue weighted by molar-refractivity contribution is 5.64. The Balaban J connectivity index is 1.26. The lowest BCUT2D eigenvalue weighted by Crippen LogP contribution is -2.36. The van der Waals surface area contributed by atoms with Crippen molar-refractivity contribution in [1.82, 2.24) is 0 Å². The molecule has 2 aliphatic carbocycles. The minimum Gasteiger partial charge on any atom is -0.434 e. The van der Waals surface area contributed by atoms with Crippen LogP contribution in [0.1, 0.15) is 127 Å². The van der Waals surface area contributed by atoms with Crippen LogP contribution in [0.5, 0.6) is 0 Å². The predicted molar refractivity (Wildman–Crippen MR) is 153 cm³/mol. The SMILES string of the molecule is CCCCCOC(=O)OC1(C)CCC(c2ccc(-c3ccc([C@H]4CC[C@H](CCC)CC4)cc3)cc2)CC1. The van der Waals surface area contributed by atoms with Crippen LogP contribution in [-0.2, 0) is 9.47 Å². The smallest absolute Gasteiger partial charge is 0.434 e. The average Bonchev–Trinajstić information content (AvgIpc) is 2.92. The van der Waals surface area contributed by atoms with Crippen molar-refractivity contribution in [2.75, 3.05) is 6.61 Å². The van der Waals surface area contributed by atoms with Gasteiger partial charge in [0.15, 0.2) is 0 Å². The summed E-state index contributed by atoms with van der Waals surface area (Å²) >= 11 is 0. The Morgan fingerprint density at radius 2 is 1.30 bits per heavy atom. The standard InChI is InChI=1S/C34H48O3/c1-4-6-7-25-36-33(35)37-34(3)23-21-32(22-24-34)31-19-17-30(18-20-31)29-15-13-28(14-16-29)27-11-9-26(8-5-2)10-12-27/h13-20,26-27,32H,4-12,21-25H2,1-3H3/t26-,27-,32?,34?. The lowest BCUT2D eigenvalue weighted by atomic mass is 9.76. The Kier molecular flexibility index (Phi) is 10.1. The molecule has 0 aliphatic heterocycles. The van der Waals surface area contributed by atoms with E-state index in [2.05, 4.69) is 69.3 Å². The molecule has 3 heteroatoms. The molecule has 0 spiro atoms. The highest BCUT2D eigenvalue weighted by Gasteiger charge is 2.35. The van der Waals surface area contributed by atoms with Crippen LogP contribution in [0.25, 0.3) is 11.1 Å². The minimum atomic E-state index is -0.503. The van der Waals surface area contributed by atoms with Gasteiger partial charge in [-0.3, -0.25) is 0 Å². The van der Waals surface area contributed by atoms with E-state index in [1.54, 1.807) is 0 Å². The van der Waals surface area contributed by atoms with E-state index < -0.39 is 11.8 Å². The van der Waals surface area contributed by atoms with Gasteiger partial charge in [-0.25, -0.2) is 4.79 Å². The molecule has 0 heterocycles. The molecule has 2 fully saturated rings. The van der Waals surface area contributed by atoms with Crippen molar-refractivity contribution in [2.45, 2.75) is 122 Å². The number of carbonyl (C=O) groups excluding carboxylic acids is 1. The normalized spacial score (nSPS) is 26.0. The van der Waals surface area contributed by atoms with Gasteiger partial charge in [-0.2, -0.15) is 0 Å². The number of carbonyl (C=O) groups is 1. The Hall–Kier alpha value is -2.29. The van der Waals surface area contributed by atoms with Gasteiger partial charge < -0.3 is 9.47 Å². The second-order valence-electron chi connectivity index (χ2n) is 11.9. The summed E-state index contributed by atoms with van der Waals surface area (Å²) in [5.41, 5.74) is 5.10. The van der Waals surface area contributed by atoms with Gasteiger partial charge in [0.25, 0.3) is 0 Å². The molecule has 2 aromatic carbocycles. The maximum atomic E-state index is 12.1. The number of hydrogen-bond acceptors (Lipinski definition) is 3. The fourth-order valence-corrected chi connectivity index (χ4v) is 6.49. The summed E-state index contributed by atoms with van der Waals surface area (Å²) in [4.78, 5) is 12.1. The van der Waals surface area contributed by atoms with Gasteiger partial charge in [-0.1, -0.05) is 88.1 Å². The number of unbranched alkanes of at least 4 members (excludes halogenated alkanes) is 2. The quantitative estimate of drug-likeness (QED) is 0.238. The first-order valence-electron chi connectivity index (χ1n) is 15.1. The second-order valence-corrected chi connectivity index (χ2v) is 11.9. The van der Waals surface area contributed by atoms with E-state index in [1.807, 2.05) is 0 Å². The number of hydrogen-bond donors (Lipinski definition) is 0. The Morgan fingerprint density at radius 1 is 0.757 bits per heavy atom. The van der Waals surface area contributed by atoms with E-state index in [4.69, 9.17) is 9.47 Å². The van der Waals surface area contributed by atoms with E-state index >= 15 is 0 Å². The Bertz CT molecular complexity index is 946. The molecule has 0 amide bonds. The Morgan fingerprint density at radius 3 is 1.81 bits per heavy atom. The zero-order chi connectivity index (χ0) is 26.1. The molecule has 0 radical (unpaired) electrons. The van der Waals surface area contributed by atoms with Crippen molar-refractivity contribution in [3.8, 4) is 11.1 Å². The molecule has 37 heavy (non-hydrogen) atoms. The minimum absolute atomic E-state index is 0.407. The monoisotopic (exact) mass is 504 g/mol. The van der Waals surface area contributed by atoms with Crippen molar-refractivity contribution < 1.29 is 14.3 Å². The first-order valence-corrected chi connectivity index (χ1v) is 15.1. The van der Waals surface area contributed by atoms with Gasteiger partial charge in [-0.15, -0.1) is 0 Å². The van der Waals surface area contributed by atoms with E-state index in [0.29, 0.717) is 12.5 Å². The largest absolute Gasteiger partial charge is 0.508 e. The van der Waals surface area contributed by atoms with Crippen LogP contribution in [0.4, 0.5) is 4.79 Å². The molecular formula is C34H48O3. The molecule has 0 bridgehead atoms. The summed E-state index contributed by atoms with van der Waals surface area (Å²) in [5, 5.41) is 0. The average molecular weight is 505 g/mol. The lowest BCUT2D eigenvalue weighted by Gasteiger charge is -2.36. The first kappa shape index (κ1) is 27.7. The molecule has 2 saturated carbocycles. The highest BCUT2D eigenvalue weighted by Crippen LogP contribution is 2.41. The number of benzene rings is 2. The molecule has 2 aromatic rings. The Labute approximate surface area is 225 Å². The molecule has 0 atom stereocenters. The van der Waals surface area contributed by atoms with Crippen LogP contribution in [0.2, 0.25) is 0 Å². The molecule has 0 aromatic heterocycles. The van der Waals surface area contributed by atoms with Crippen LogP contribution in [0.3, 0.4) is 0 Å². The summed E-state index contributed by atoms with van der Waals surface area (Å²) in [6.45, 7) is 6.97. The summed E-state index contributed by atoms with van der Waals surface area (Å²) in [6.07, 6.45) is 14.7. The van der Waals surface area contributed by atoms with E-state index in [9.17, 15) is 4.79 Å². The predicted octanol–water partition coefficient (Wildman–Crippen LogP) is 10.2. The zero-order valence-electron chi connectivity index (χ0n) is 23.5. The van der Waals surface area contributed by atoms with Gasteiger partial charge in [0.2, 0.25) is 0 Å². The van der Waals surface area contributed by atoms with Crippen molar-refractivity contribution >= 4 is 6.16 Å². The van der Waals surface area contributed by atoms with Crippen LogP contribution >= 0.6 is 0 Å². The van der Waals surface area contributed by atoms with Crippen molar-refractivity contribution in [3.05, 3.63) is 59.7 Å². The van der Waals surface area contributed by atoms with Crippen molar-refractivity contribution in [1.29, 1.82) is 0 Å². The third-order valence-corrected chi connectivity index (χ3v) is 8.98. The molecule has 202 valence electrons. The van der Waals surface area contributed by atoms with E-state index in [-0.39, 0.29) is 0 Å². The van der Waals surface area contributed by atoms with E-state index in [0.717, 1.165) is 56.8 Å². The summed E-state index contributed by atoms with van der Waals surface area (Å²) in [5.74, 6) is 2.23. The highest BCUT2D eigenvalue weighted by atomic mass is 16.7. The van der Waals surface area contributed by atoms with Crippen molar-refractivity contribution in [3.63, 3.8) is 0 Å². The topological polar surface area (TPSA) is 35.5 Å². The molecule has 3 nitrogen and oxygen atoms in total. The summed E-state index contributed by atoms with van der Waals surface area (Å²) in [6, 6.07) is 18.5. The van der Waals surface area contributed by atoms with Gasteiger partial charge in [0.1, 0.15) is 5.60 Å².